The molecule has 1 heterocycles. The van der Waals surface area contributed by atoms with E-state index < -0.39 is 0 Å². The van der Waals surface area contributed by atoms with E-state index in [4.69, 9.17) is 0 Å². The van der Waals surface area contributed by atoms with Crippen LogP contribution in [0.1, 0.15) is 38.3 Å². The van der Waals surface area contributed by atoms with Gasteiger partial charge in [-0.3, -0.25) is 9.69 Å². The molecule has 2 rings (SSSR count). The van der Waals surface area contributed by atoms with Crippen LogP contribution in [0.15, 0.2) is 18.2 Å². The lowest BCUT2D eigenvalue weighted by molar-refractivity contribution is -0.119. The number of rotatable bonds is 4. The van der Waals surface area contributed by atoms with Crippen LogP contribution in [0.2, 0.25) is 0 Å². The average molecular weight is 294 g/mol. The number of nitrogens with one attached hydrogen (secondary N) is 1. The van der Waals surface area contributed by atoms with E-state index in [1.807, 2.05) is 6.92 Å². The molecule has 1 aliphatic rings. The van der Waals surface area contributed by atoms with Crippen LogP contribution in [-0.2, 0) is 4.79 Å². The Bertz CT molecular complexity index is 499. The molecule has 21 heavy (non-hydrogen) atoms. The molecule has 1 aromatic rings. The highest BCUT2D eigenvalue weighted by Crippen LogP contribution is 2.31. The Morgan fingerprint density at radius 1 is 1.48 bits per heavy atom. The van der Waals surface area contributed by atoms with Crippen LogP contribution >= 0.6 is 0 Å². The molecule has 1 atom stereocenters. The van der Waals surface area contributed by atoms with Crippen molar-refractivity contribution in [3.8, 4) is 5.75 Å². The molecule has 0 radical (unpaired) electrons. The smallest absolute Gasteiger partial charge is 0.216 e. The minimum Gasteiger partial charge on any atom is -0.508 e. The van der Waals surface area contributed by atoms with Crippen LogP contribution in [0.4, 0.5) is 4.39 Å². The fourth-order valence-corrected chi connectivity index (χ4v) is 2.89. The first-order chi connectivity index (χ1) is 9.97. The molecule has 1 aromatic carbocycles. The van der Waals surface area contributed by atoms with E-state index in [0.29, 0.717) is 11.5 Å². The van der Waals surface area contributed by atoms with Crippen LogP contribution in [-0.4, -0.2) is 35.5 Å². The van der Waals surface area contributed by atoms with Gasteiger partial charge < -0.3 is 10.4 Å². The fraction of sp³-hybridized carbons (Fsp3) is 0.562. The van der Waals surface area contributed by atoms with Crippen LogP contribution in [0.3, 0.4) is 0 Å². The number of hydrogen-bond acceptors (Lipinski definition) is 3. The molecule has 0 saturated carbocycles. The summed E-state index contributed by atoms with van der Waals surface area (Å²) in [6, 6.07) is 4.07. The molecule has 4 nitrogen and oxygen atoms in total. The lowest BCUT2D eigenvalue weighted by atomic mass is 9.94. The van der Waals surface area contributed by atoms with Crippen LogP contribution in [0.25, 0.3) is 0 Å². The quantitative estimate of drug-likeness (QED) is 0.897. The third-order valence-corrected chi connectivity index (χ3v) is 4.28. The molecule has 0 bridgehead atoms. The predicted octanol–water partition coefficient (Wildman–Crippen LogP) is 2.44. The lowest BCUT2D eigenvalue weighted by Crippen LogP contribution is -2.39. The Labute approximate surface area is 125 Å². The monoisotopic (exact) mass is 294 g/mol. The molecule has 0 aromatic heterocycles. The van der Waals surface area contributed by atoms with Gasteiger partial charge in [0.05, 0.1) is 0 Å². The van der Waals surface area contributed by atoms with Crippen molar-refractivity contribution in [2.45, 2.75) is 32.7 Å². The second kappa shape index (κ2) is 6.89. The van der Waals surface area contributed by atoms with Crippen molar-refractivity contribution in [2.24, 2.45) is 5.92 Å². The number of phenols is 1. The number of phenolic OH excluding ortho intramolecular Hbond substituents is 1. The Kier molecular flexibility index (Phi) is 5.17. The van der Waals surface area contributed by atoms with E-state index in [-0.39, 0.29) is 23.5 Å². The molecule has 1 saturated heterocycles. The van der Waals surface area contributed by atoms with E-state index in [1.54, 1.807) is 0 Å². The molecule has 1 amide bonds. The minimum absolute atomic E-state index is 0.00970. The zero-order valence-electron chi connectivity index (χ0n) is 12.6. The second-order valence-corrected chi connectivity index (χ2v) is 5.80. The topological polar surface area (TPSA) is 52.6 Å². The maximum atomic E-state index is 13.3. The van der Waals surface area contributed by atoms with Gasteiger partial charge in [-0.1, -0.05) is 0 Å². The van der Waals surface area contributed by atoms with Gasteiger partial charge in [0.15, 0.2) is 0 Å². The summed E-state index contributed by atoms with van der Waals surface area (Å²) in [5.74, 6) is 0.327. The molecular formula is C16H23FN2O2. The Morgan fingerprint density at radius 3 is 2.76 bits per heavy atom. The number of carbonyl (C=O) groups is 1. The van der Waals surface area contributed by atoms with Crippen LogP contribution in [0, 0.1) is 11.7 Å². The van der Waals surface area contributed by atoms with Gasteiger partial charge in [-0.05, 0) is 57.0 Å². The third kappa shape index (κ3) is 4.17. The van der Waals surface area contributed by atoms with Gasteiger partial charge in [-0.2, -0.15) is 0 Å². The molecule has 1 aliphatic heterocycles. The van der Waals surface area contributed by atoms with Gasteiger partial charge in [0.25, 0.3) is 0 Å². The molecule has 1 fully saturated rings. The number of aromatic hydroxyl groups is 1. The number of halogens is 1. The zero-order valence-corrected chi connectivity index (χ0v) is 12.6. The zero-order chi connectivity index (χ0) is 15.4. The largest absolute Gasteiger partial charge is 0.508 e. The summed E-state index contributed by atoms with van der Waals surface area (Å²) < 4.78 is 13.3. The first-order valence-electron chi connectivity index (χ1n) is 7.44. The fourth-order valence-electron chi connectivity index (χ4n) is 2.89. The molecule has 0 aliphatic carbocycles. The van der Waals surface area contributed by atoms with E-state index in [2.05, 4.69) is 10.2 Å². The third-order valence-electron chi connectivity index (χ3n) is 4.28. The van der Waals surface area contributed by atoms with Crippen molar-refractivity contribution in [1.82, 2.24) is 10.2 Å². The van der Waals surface area contributed by atoms with Crippen molar-refractivity contribution in [2.75, 3.05) is 19.6 Å². The standard InChI is InChI=1S/C16H23FN2O2/c1-11(15-9-14(17)3-4-16(15)21)19-7-5-13(6-8-19)10-18-12(2)20/h3-4,9,11,13,21H,5-8,10H2,1-2H3,(H,18,20). The number of carbonyl (C=O) groups excluding carboxylic acids is 1. The van der Waals surface area contributed by atoms with Crippen molar-refractivity contribution in [1.29, 1.82) is 0 Å². The van der Waals surface area contributed by atoms with Gasteiger partial charge in [0.1, 0.15) is 11.6 Å². The van der Waals surface area contributed by atoms with Gasteiger partial charge >= 0.3 is 0 Å². The van der Waals surface area contributed by atoms with Crippen molar-refractivity contribution in [3.05, 3.63) is 29.6 Å². The summed E-state index contributed by atoms with van der Waals surface area (Å²) in [6.45, 7) is 6.03. The molecule has 1 unspecified atom stereocenters. The van der Waals surface area contributed by atoms with Gasteiger partial charge in [-0.25, -0.2) is 4.39 Å². The lowest BCUT2D eigenvalue weighted by Gasteiger charge is -2.36. The number of piperidine rings is 1. The second-order valence-electron chi connectivity index (χ2n) is 5.80. The van der Waals surface area contributed by atoms with Crippen LogP contribution < -0.4 is 5.32 Å². The van der Waals surface area contributed by atoms with Crippen molar-refractivity contribution in [3.63, 3.8) is 0 Å². The number of benzene rings is 1. The SMILES string of the molecule is CC(=O)NCC1CCN(C(C)c2cc(F)ccc2O)CC1. The van der Waals surface area contributed by atoms with Gasteiger partial charge in [0, 0.05) is 25.1 Å². The highest BCUT2D eigenvalue weighted by Gasteiger charge is 2.25. The Balaban J connectivity index is 1.92. The molecular weight excluding hydrogens is 271 g/mol. The summed E-state index contributed by atoms with van der Waals surface area (Å²) >= 11 is 0. The van der Waals surface area contributed by atoms with Gasteiger partial charge in [0.2, 0.25) is 5.91 Å². The molecule has 5 heteroatoms. The summed E-state index contributed by atoms with van der Waals surface area (Å²) in [5, 5.41) is 12.8. The highest BCUT2D eigenvalue weighted by atomic mass is 19.1. The number of hydrogen-bond donors (Lipinski definition) is 2. The normalized spacial score (nSPS) is 18.4. The summed E-state index contributed by atoms with van der Waals surface area (Å²) in [5.41, 5.74) is 0.635. The van der Waals surface area contributed by atoms with E-state index in [1.165, 1.54) is 25.1 Å². The van der Waals surface area contributed by atoms with Crippen LogP contribution in [0.5, 0.6) is 5.75 Å². The summed E-state index contributed by atoms with van der Waals surface area (Å²) in [6.07, 6.45) is 2.00. The Morgan fingerprint density at radius 2 is 2.14 bits per heavy atom. The summed E-state index contributed by atoms with van der Waals surface area (Å²) in [7, 11) is 0. The van der Waals surface area contributed by atoms with Gasteiger partial charge in [-0.15, -0.1) is 0 Å². The maximum absolute atomic E-state index is 13.3. The maximum Gasteiger partial charge on any atom is 0.216 e. The first kappa shape index (κ1) is 15.8. The summed E-state index contributed by atoms with van der Waals surface area (Å²) in [4.78, 5) is 13.2. The highest BCUT2D eigenvalue weighted by molar-refractivity contribution is 5.72. The minimum atomic E-state index is -0.324. The molecule has 0 spiro atoms. The Hall–Kier alpha value is -1.62. The first-order valence-corrected chi connectivity index (χ1v) is 7.44. The van der Waals surface area contributed by atoms with E-state index >= 15 is 0 Å². The van der Waals surface area contributed by atoms with Crippen molar-refractivity contribution >= 4 is 5.91 Å². The predicted molar refractivity (Wildman–Crippen MR) is 79.5 cm³/mol. The number of nitrogens with zero attached hydrogens (tertiary/aromatic N) is 1. The van der Waals surface area contributed by atoms with E-state index in [9.17, 15) is 14.3 Å². The molecule has 2 N–H and O–H groups in total. The van der Waals surface area contributed by atoms with Crippen molar-refractivity contribution < 1.29 is 14.3 Å². The number of amides is 1. The number of likely N-dealkylation sites (tertiary alicyclic amines) is 1. The van der Waals surface area contributed by atoms with E-state index in [0.717, 1.165) is 32.5 Å². The average Bonchev–Trinajstić information content (AvgIpc) is 2.47. The molecule has 116 valence electrons.